The van der Waals surface area contributed by atoms with Gasteiger partial charge in [-0.15, -0.1) is 0 Å². The zero-order valence-electron chi connectivity index (χ0n) is 7.09. The van der Waals surface area contributed by atoms with Crippen LogP contribution in [0.2, 0.25) is 0 Å². The molecule has 1 aromatic heterocycles. The molecule has 0 unspecified atom stereocenters. The Kier molecular flexibility index (Phi) is 2.12. The fourth-order valence-corrected chi connectivity index (χ4v) is 0.964. The number of ether oxygens (including phenoxy) is 1. The molecule has 0 saturated carbocycles. The highest BCUT2D eigenvalue weighted by Crippen LogP contribution is 2.11. The molecule has 0 radical (unpaired) electrons. The summed E-state index contributed by atoms with van der Waals surface area (Å²) in [5.41, 5.74) is 0.238. The molecule has 0 aliphatic heterocycles. The average molecular weight is 172 g/mol. The minimum absolute atomic E-state index is 0.0972. The summed E-state index contributed by atoms with van der Waals surface area (Å²) in [6, 6.07) is 0. The SMILES string of the molecule is COC(=O)c1c(C)nn(C)c1F. The number of carbonyl (C=O) groups is 1. The van der Waals surface area contributed by atoms with Crippen molar-refractivity contribution in [2.24, 2.45) is 7.05 Å². The van der Waals surface area contributed by atoms with Crippen LogP contribution in [-0.4, -0.2) is 22.9 Å². The molecule has 0 aliphatic rings. The Bertz CT molecular complexity index is 319. The third-order valence-corrected chi connectivity index (χ3v) is 1.54. The van der Waals surface area contributed by atoms with Crippen LogP contribution in [0.3, 0.4) is 0 Å². The van der Waals surface area contributed by atoms with E-state index in [0.717, 1.165) is 4.68 Å². The lowest BCUT2D eigenvalue weighted by Gasteiger charge is -1.95. The van der Waals surface area contributed by atoms with Crippen molar-refractivity contribution < 1.29 is 13.9 Å². The quantitative estimate of drug-likeness (QED) is 0.584. The van der Waals surface area contributed by atoms with E-state index in [4.69, 9.17) is 0 Å². The molecule has 12 heavy (non-hydrogen) atoms. The molecule has 0 saturated heterocycles. The van der Waals surface area contributed by atoms with Gasteiger partial charge in [-0.25, -0.2) is 9.48 Å². The minimum atomic E-state index is -0.696. The first-order valence-corrected chi connectivity index (χ1v) is 3.35. The summed E-state index contributed by atoms with van der Waals surface area (Å²) in [6.07, 6.45) is 0. The van der Waals surface area contributed by atoms with Crippen LogP contribution in [0.25, 0.3) is 0 Å². The molecule has 0 atom stereocenters. The maximum atomic E-state index is 13.1. The Morgan fingerprint density at radius 1 is 1.67 bits per heavy atom. The zero-order chi connectivity index (χ0) is 9.30. The van der Waals surface area contributed by atoms with E-state index in [2.05, 4.69) is 9.84 Å². The van der Waals surface area contributed by atoms with Gasteiger partial charge < -0.3 is 4.74 Å². The number of rotatable bonds is 1. The maximum Gasteiger partial charge on any atom is 0.344 e. The number of carbonyl (C=O) groups excluding carboxylic acids is 1. The van der Waals surface area contributed by atoms with Gasteiger partial charge >= 0.3 is 5.97 Å². The van der Waals surface area contributed by atoms with Crippen LogP contribution in [0, 0.1) is 12.9 Å². The lowest BCUT2D eigenvalue weighted by molar-refractivity contribution is 0.0594. The van der Waals surface area contributed by atoms with Crippen LogP contribution < -0.4 is 0 Å². The van der Waals surface area contributed by atoms with Crippen molar-refractivity contribution in [3.05, 3.63) is 17.2 Å². The molecule has 5 heteroatoms. The molecule has 0 bridgehead atoms. The van der Waals surface area contributed by atoms with E-state index in [-0.39, 0.29) is 5.56 Å². The average Bonchev–Trinajstić information content (AvgIpc) is 2.26. The largest absolute Gasteiger partial charge is 0.465 e. The van der Waals surface area contributed by atoms with E-state index >= 15 is 0 Å². The predicted molar refractivity (Wildman–Crippen MR) is 39.2 cm³/mol. The van der Waals surface area contributed by atoms with Crippen LogP contribution in [0.15, 0.2) is 0 Å². The van der Waals surface area contributed by atoms with Crippen LogP contribution >= 0.6 is 0 Å². The van der Waals surface area contributed by atoms with Gasteiger partial charge in [0.25, 0.3) is 0 Å². The molecule has 0 aliphatic carbocycles. The van der Waals surface area contributed by atoms with Gasteiger partial charge in [-0.3, -0.25) is 0 Å². The van der Waals surface area contributed by atoms with Crippen molar-refractivity contribution in [3.8, 4) is 0 Å². The molecular weight excluding hydrogens is 163 g/mol. The van der Waals surface area contributed by atoms with Crippen LogP contribution in [0.4, 0.5) is 4.39 Å². The highest BCUT2D eigenvalue weighted by atomic mass is 19.1. The van der Waals surface area contributed by atoms with Crippen molar-refractivity contribution in [3.63, 3.8) is 0 Å². The second-order valence-corrected chi connectivity index (χ2v) is 2.37. The Hall–Kier alpha value is -1.39. The predicted octanol–water partition coefficient (Wildman–Crippen LogP) is 0.654. The second kappa shape index (κ2) is 2.92. The second-order valence-electron chi connectivity index (χ2n) is 2.37. The lowest BCUT2D eigenvalue weighted by atomic mass is 10.3. The summed E-state index contributed by atoms with van der Waals surface area (Å²) < 4.78 is 18.4. The number of nitrogens with zero attached hydrogens (tertiary/aromatic N) is 2. The number of hydrogen-bond donors (Lipinski definition) is 0. The zero-order valence-corrected chi connectivity index (χ0v) is 7.09. The van der Waals surface area contributed by atoms with E-state index in [0.29, 0.717) is 5.69 Å². The maximum absolute atomic E-state index is 13.1. The van der Waals surface area contributed by atoms with Crippen molar-refractivity contribution in [2.45, 2.75) is 6.92 Å². The molecule has 1 heterocycles. The molecule has 1 rings (SSSR count). The molecule has 0 aromatic carbocycles. The smallest absolute Gasteiger partial charge is 0.344 e. The van der Waals surface area contributed by atoms with Crippen molar-refractivity contribution >= 4 is 5.97 Å². The first-order valence-electron chi connectivity index (χ1n) is 3.35. The number of halogens is 1. The molecule has 1 aromatic rings. The molecular formula is C7H9FN2O2. The Balaban J connectivity index is 3.22. The van der Waals surface area contributed by atoms with Crippen LogP contribution in [0.1, 0.15) is 16.1 Å². The summed E-state index contributed by atoms with van der Waals surface area (Å²) in [5, 5.41) is 3.72. The Morgan fingerprint density at radius 3 is 2.58 bits per heavy atom. The van der Waals surface area contributed by atoms with Gasteiger partial charge in [0.2, 0.25) is 5.95 Å². The Morgan fingerprint density at radius 2 is 2.25 bits per heavy atom. The fourth-order valence-electron chi connectivity index (χ4n) is 0.964. The Labute approximate surface area is 68.9 Å². The number of hydrogen-bond acceptors (Lipinski definition) is 3. The highest BCUT2D eigenvalue weighted by molar-refractivity contribution is 5.90. The number of aromatic nitrogens is 2. The molecule has 0 fully saturated rings. The van der Waals surface area contributed by atoms with Crippen LogP contribution in [0.5, 0.6) is 0 Å². The first kappa shape index (κ1) is 8.70. The highest BCUT2D eigenvalue weighted by Gasteiger charge is 2.20. The summed E-state index contributed by atoms with van der Waals surface area (Å²) in [4.78, 5) is 11.0. The van der Waals surface area contributed by atoms with E-state index in [1.807, 2.05) is 0 Å². The molecule has 0 amide bonds. The topological polar surface area (TPSA) is 44.1 Å². The molecule has 4 nitrogen and oxygen atoms in total. The number of esters is 1. The number of aryl methyl sites for hydroxylation is 2. The van der Waals surface area contributed by atoms with Gasteiger partial charge in [0.05, 0.1) is 12.8 Å². The lowest BCUT2D eigenvalue weighted by Crippen LogP contribution is -2.05. The van der Waals surface area contributed by atoms with E-state index in [9.17, 15) is 9.18 Å². The van der Waals surface area contributed by atoms with Gasteiger partial charge in [-0.2, -0.15) is 9.49 Å². The molecule has 0 N–H and O–H groups in total. The monoisotopic (exact) mass is 172 g/mol. The summed E-state index contributed by atoms with van der Waals surface area (Å²) >= 11 is 0. The van der Waals surface area contributed by atoms with E-state index in [1.165, 1.54) is 14.2 Å². The minimum Gasteiger partial charge on any atom is -0.465 e. The summed E-state index contributed by atoms with van der Waals surface area (Å²) in [5.74, 6) is -1.36. The fraction of sp³-hybridized carbons (Fsp3) is 0.429. The van der Waals surface area contributed by atoms with E-state index in [1.54, 1.807) is 6.92 Å². The van der Waals surface area contributed by atoms with Crippen LogP contribution in [-0.2, 0) is 11.8 Å². The molecule has 0 spiro atoms. The number of methoxy groups -OCH3 is 1. The summed E-state index contributed by atoms with van der Waals surface area (Å²) in [7, 11) is 2.63. The van der Waals surface area contributed by atoms with Gasteiger partial charge in [0.15, 0.2) is 0 Å². The third kappa shape index (κ3) is 1.17. The third-order valence-electron chi connectivity index (χ3n) is 1.54. The summed E-state index contributed by atoms with van der Waals surface area (Å²) in [6.45, 7) is 1.55. The van der Waals surface area contributed by atoms with Crippen molar-refractivity contribution in [1.82, 2.24) is 9.78 Å². The molecule has 66 valence electrons. The van der Waals surface area contributed by atoms with E-state index < -0.39 is 11.9 Å². The van der Waals surface area contributed by atoms with Crippen molar-refractivity contribution in [2.75, 3.05) is 7.11 Å². The van der Waals surface area contributed by atoms with Gasteiger partial charge in [-0.05, 0) is 6.92 Å². The normalized spacial score (nSPS) is 10.0. The van der Waals surface area contributed by atoms with Gasteiger partial charge in [0, 0.05) is 7.05 Å². The van der Waals surface area contributed by atoms with Gasteiger partial charge in [0.1, 0.15) is 5.56 Å². The first-order chi connectivity index (χ1) is 5.57. The van der Waals surface area contributed by atoms with Crippen molar-refractivity contribution in [1.29, 1.82) is 0 Å². The van der Waals surface area contributed by atoms with Gasteiger partial charge in [-0.1, -0.05) is 0 Å². The standard InChI is InChI=1S/C7H9FN2O2/c1-4-5(7(11)12-3)6(8)10(2)9-4/h1-3H3.